The zero-order chi connectivity index (χ0) is 12.0. The van der Waals surface area contributed by atoms with Crippen LogP contribution in [0.15, 0.2) is 29.2 Å². The lowest BCUT2D eigenvalue weighted by atomic mass is 10.1. The average Bonchev–Trinajstić information content (AvgIpc) is 3.17. The minimum Gasteiger partial charge on any atom is -0.497 e. The van der Waals surface area contributed by atoms with Crippen LogP contribution in [0.3, 0.4) is 0 Å². The molecule has 1 aliphatic rings. The van der Waals surface area contributed by atoms with E-state index in [4.69, 9.17) is 4.74 Å². The number of methoxy groups -OCH3 is 1. The summed E-state index contributed by atoms with van der Waals surface area (Å²) in [7, 11) is 1.62. The Bertz CT molecular complexity index is 638. The van der Waals surface area contributed by atoms with Gasteiger partial charge in [0.15, 0.2) is 0 Å². The molecule has 1 heterocycles. The van der Waals surface area contributed by atoms with Crippen molar-refractivity contribution in [1.82, 2.24) is 4.57 Å². The van der Waals surface area contributed by atoms with Gasteiger partial charge in [-0.2, -0.15) is 0 Å². The summed E-state index contributed by atoms with van der Waals surface area (Å²) in [5.41, 5.74) is 1.25. The normalized spacial score (nSPS) is 15.2. The molecule has 0 atom stereocenters. The minimum atomic E-state index is 0.104. The predicted molar refractivity (Wildman–Crippen MR) is 67.8 cm³/mol. The van der Waals surface area contributed by atoms with Crippen molar-refractivity contribution in [2.75, 3.05) is 7.11 Å². The number of fused-ring (bicyclic) bond motifs is 1. The SMILES string of the molecule is COc1ccc2c(C)cn(C3CC3)c(=O)c2c1. The number of aryl methyl sites for hydroxylation is 1. The summed E-state index contributed by atoms with van der Waals surface area (Å²) in [5, 5.41) is 1.78. The van der Waals surface area contributed by atoms with Gasteiger partial charge in [-0.25, -0.2) is 0 Å². The van der Waals surface area contributed by atoms with Gasteiger partial charge in [0.2, 0.25) is 0 Å². The van der Waals surface area contributed by atoms with Gasteiger partial charge in [0.25, 0.3) is 5.56 Å². The van der Waals surface area contributed by atoms with Crippen LogP contribution in [-0.2, 0) is 0 Å². The summed E-state index contributed by atoms with van der Waals surface area (Å²) >= 11 is 0. The van der Waals surface area contributed by atoms with Gasteiger partial charge in [0.05, 0.1) is 12.5 Å². The molecule has 2 aromatic rings. The van der Waals surface area contributed by atoms with E-state index in [0.29, 0.717) is 6.04 Å². The molecule has 3 nitrogen and oxygen atoms in total. The second kappa shape index (κ2) is 3.62. The minimum absolute atomic E-state index is 0.104. The van der Waals surface area contributed by atoms with Crippen LogP contribution in [0.5, 0.6) is 5.75 Å². The number of rotatable bonds is 2. The first-order valence-electron chi connectivity index (χ1n) is 5.90. The molecule has 1 fully saturated rings. The van der Waals surface area contributed by atoms with Crippen molar-refractivity contribution in [2.24, 2.45) is 0 Å². The molecule has 17 heavy (non-hydrogen) atoms. The third kappa shape index (κ3) is 1.62. The molecule has 0 bridgehead atoms. The lowest BCUT2D eigenvalue weighted by Crippen LogP contribution is -2.19. The maximum Gasteiger partial charge on any atom is 0.258 e. The van der Waals surface area contributed by atoms with Gasteiger partial charge in [-0.1, -0.05) is 6.07 Å². The molecule has 1 aromatic heterocycles. The Morgan fingerprint density at radius 2 is 2.06 bits per heavy atom. The molecule has 0 amide bonds. The molecule has 0 spiro atoms. The molecule has 1 saturated carbocycles. The molecule has 1 aromatic carbocycles. The van der Waals surface area contributed by atoms with Crippen molar-refractivity contribution >= 4 is 10.8 Å². The van der Waals surface area contributed by atoms with Crippen LogP contribution in [0.25, 0.3) is 10.8 Å². The highest BCUT2D eigenvalue weighted by atomic mass is 16.5. The second-order valence-electron chi connectivity index (χ2n) is 4.67. The van der Waals surface area contributed by atoms with Crippen LogP contribution in [0.1, 0.15) is 24.4 Å². The van der Waals surface area contributed by atoms with Crippen molar-refractivity contribution in [3.63, 3.8) is 0 Å². The van der Waals surface area contributed by atoms with E-state index >= 15 is 0 Å². The summed E-state index contributed by atoms with van der Waals surface area (Å²) in [4.78, 5) is 12.3. The molecule has 0 unspecified atom stereocenters. The van der Waals surface area contributed by atoms with Gasteiger partial charge in [0, 0.05) is 12.2 Å². The highest BCUT2D eigenvalue weighted by Gasteiger charge is 2.25. The Balaban J connectivity index is 2.34. The molecule has 88 valence electrons. The van der Waals surface area contributed by atoms with Crippen LogP contribution in [0.4, 0.5) is 0 Å². The van der Waals surface area contributed by atoms with Crippen molar-refractivity contribution in [2.45, 2.75) is 25.8 Å². The van der Waals surface area contributed by atoms with E-state index in [1.807, 2.05) is 35.9 Å². The molecule has 3 rings (SSSR count). The monoisotopic (exact) mass is 229 g/mol. The van der Waals surface area contributed by atoms with Crippen LogP contribution < -0.4 is 10.3 Å². The number of hydrogen-bond acceptors (Lipinski definition) is 2. The van der Waals surface area contributed by atoms with E-state index in [2.05, 4.69) is 0 Å². The van der Waals surface area contributed by atoms with Crippen molar-refractivity contribution < 1.29 is 4.74 Å². The zero-order valence-corrected chi connectivity index (χ0v) is 10.1. The Kier molecular flexibility index (Phi) is 2.21. The molecule has 0 aliphatic heterocycles. The molecule has 3 heteroatoms. The third-order valence-corrected chi connectivity index (χ3v) is 3.39. The summed E-state index contributed by atoms with van der Waals surface area (Å²) in [6.45, 7) is 2.05. The lowest BCUT2D eigenvalue weighted by Gasteiger charge is -2.09. The largest absolute Gasteiger partial charge is 0.497 e. The number of aromatic nitrogens is 1. The first-order valence-corrected chi connectivity index (χ1v) is 5.90. The summed E-state index contributed by atoms with van der Waals surface area (Å²) in [5.74, 6) is 0.738. The first kappa shape index (κ1) is 10.4. The van der Waals surface area contributed by atoms with Gasteiger partial charge in [-0.3, -0.25) is 4.79 Å². The first-order chi connectivity index (χ1) is 8.20. The summed E-state index contributed by atoms with van der Waals surface area (Å²) in [6, 6.07) is 6.11. The van der Waals surface area contributed by atoms with Crippen molar-refractivity contribution in [3.05, 3.63) is 40.3 Å². The van der Waals surface area contributed by atoms with Gasteiger partial charge in [-0.05, 0) is 42.8 Å². The third-order valence-electron chi connectivity index (χ3n) is 3.39. The van der Waals surface area contributed by atoms with Crippen LogP contribution >= 0.6 is 0 Å². The molecule has 0 saturated heterocycles. The number of pyridine rings is 1. The Labute approximate surface area is 99.6 Å². The van der Waals surface area contributed by atoms with E-state index in [1.165, 1.54) is 0 Å². The summed E-state index contributed by atoms with van der Waals surface area (Å²) in [6.07, 6.45) is 4.22. The van der Waals surface area contributed by atoms with E-state index in [-0.39, 0.29) is 5.56 Å². The summed E-state index contributed by atoms with van der Waals surface area (Å²) < 4.78 is 7.06. The standard InChI is InChI=1S/C14H15NO2/c1-9-8-15(10-3-4-10)14(16)13-7-11(17-2)5-6-12(9)13/h5-8,10H,3-4H2,1-2H3. The van der Waals surface area contributed by atoms with E-state index < -0.39 is 0 Å². The van der Waals surface area contributed by atoms with Crippen LogP contribution in [0.2, 0.25) is 0 Å². The van der Waals surface area contributed by atoms with Gasteiger partial charge < -0.3 is 9.30 Å². The van der Waals surface area contributed by atoms with Crippen molar-refractivity contribution in [3.8, 4) is 5.75 Å². The Morgan fingerprint density at radius 1 is 1.29 bits per heavy atom. The highest BCUT2D eigenvalue weighted by molar-refractivity contribution is 5.85. The molecular formula is C14H15NO2. The second-order valence-corrected chi connectivity index (χ2v) is 4.67. The Morgan fingerprint density at radius 3 is 2.71 bits per heavy atom. The topological polar surface area (TPSA) is 31.2 Å². The smallest absolute Gasteiger partial charge is 0.258 e. The lowest BCUT2D eigenvalue weighted by molar-refractivity contribution is 0.415. The van der Waals surface area contributed by atoms with E-state index in [9.17, 15) is 4.79 Å². The molecular weight excluding hydrogens is 214 g/mol. The van der Waals surface area contributed by atoms with Gasteiger partial charge in [-0.15, -0.1) is 0 Å². The number of nitrogens with zero attached hydrogens (tertiary/aromatic N) is 1. The zero-order valence-electron chi connectivity index (χ0n) is 10.1. The predicted octanol–water partition coefficient (Wildman–Crippen LogP) is 2.65. The maximum absolute atomic E-state index is 12.3. The van der Waals surface area contributed by atoms with Gasteiger partial charge in [0.1, 0.15) is 5.75 Å². The van der Waals surface area contributed by atoms with Crippen LogP contribution in [0, 0.1) is 6.92 Å². The van der Waals surface area contributed by atoms with Gasteiger partial charge >= 0.3 is 0 Å². The fraction of sp³-hybridized carbons (Fsp3) is 0.357. The number of benzene rings is 1. The Hall–Kier alpha value is -1.77. The fourth-order valence-electron chi connectivity index (χ4n) is 2.27. The van der Waals surface area contributed by atoms with E-state index in [0.717, 1.165) is 34.9 Å². The van der Waals surface area contributed by atoms with E-state index in [1.54, 1.807) is 7.11 Å². The fourth-order valence-corrected chi connectivity index (χ4v) is 2.27. The average molecular weight is 229 g/mol. The maximum atomic E-state index is 12.3. The van der Waals surface area contributed by atoms with Crippen molar-refractivity contribution in [1.29, 1.82) is 0 Å². The van der Waals surface area contributed by atoms with Crippen LogP contribution in [-0.4, -0.2) is 11.7 Å². The number of hydrogen-bond donors (Lipinski definition) is 0. The number of ether oxygens (including phenoxy) is 1. The highest BCUT2D eigenvalue weighted by Crippen LogP contribution is 2.34. The molecule has 1 aliphatic carbocycles. The molecule has 0 N–H and O–H groups in total. The quantitative estimate of drug-likeness (QED) is 0.792. The molecule has 0 radical (unpaired) electrons.